The van der Waals surface area contributed by atoms with E-state index in [2.05, 4.69) is 22.0 Å². The zero-order valence-electron chi connectivity index (χ0n) is 6.65. The fraction of sp³-hybridized carbons (Fsp3) is 0. The molecule has 2 aromatic rings. The number of carbonyl (C=O) groups excluding carboxylic acids is 1. The quantitative estimate of drug-likeness (QED) is 0.739. The molecule has 0 saturated heterocycles. The van der Waals surface area contributed by atoms with Gasteiger partial charge in [0.05, 0.1) is 10.3 Å². The molecule has 1 radical (unpaired) electrons. The van der Waals surface area contributed by atoms with Crippen molar-refractivity contribution in [2.75, 3.05) is 0 Å². The highest BCUT2D eigenvalue weighted by Crippen LogP contribution is 2.19. The molecule has 2 rings (SSSR count). The van der Waals surface area contributed by atoms with Crippen LogP contribution in [-0.4, -0.2) is 15.5 Å². The molecule has 0 saturated carbocycles. The Labute approximate surface area is 78.7 Å². The first-order chi connectivity index (χ1) is 6.33. The van der Waals surface area contributed by atoms with E-state index >= 15 is 0 Å². The summed E-state index contributed by atoms with van der Waals surface area (Å²) in [6.07, 6.45) is 0. The van der Waals surface area contributed by atoms with E-state index in [9.17, 15) is 4.79 Å². The first kappa shape index (κ1) is 8.12. The van der Waals surface area contributed by atoms with Crippen LogP contribution in [0.1, 0.15) is 10.4 Å². The molecule has 1 amide bonds. The summed E-state index contributed by atoms with van der Waals surface area (Å²) < 4.78 is 4.56. The minimum absolute atomic E-state index is 0.211. The summed E-state index contributed by atoms with van der Waals surface area (Å²) in [7, 11) is 3.32. The van der Waals surface area contributed by atoms with Crippen LogP contribution in [0.15, 0.2) is 18.2 Å². The number of amides is 1. The summed E-state index contributed by atoms with van der Waals surface area (Å²) in [5, 5.41) is 6.19. The van der Waals surface area contributed by atoms with Gasteiger partial charge in [-0.3, -0.25) is 4.79 Å². The van der Waals surface area contributed by atoms with Crippen molar-refractivity contribution in [1.82, 2.24) is 14.9 Å². The SMILES string of the molecule is [CH2]NC(=O)c1cccc2nnsc12. The predicted molar refractivity (Wildman–Crippen MR) is 50.2 cm³/mol. The van der Waals surface area contributed by atoms with Crippen LogP contribution in [0.3, 0.4) is 0 Å². The molecule has 0 fully saturated rings. The molecule has 0 aliphatic heterocycles. The summed E-state index contributed by atoms with van der Waals surface area (Å²) >= 11 is 1.21. The van der Waals surface area contributed by atoms with Crippen LogP contribution in [0, 0.1) is 7.05 Å². The maximum atomic E-state index is 11.3. The average Bonchev–Trinajstić information content (AvgIpc) is 2.63. The Balaban J connectivity index is 2.67. The lowest BCUT2D eigenvalue weighted by molar-refractivity contribution is 0.0971. The molecule has 65 valence electrons. The molecular formula is C8H6N3OS. The molecule has 5 heteroatoms. The first-order valence-electron chi connectivity index (χ1n) is 3.61. The van der Waals surface area contributed by atoms with E-state index in [1.807, 2.05) is 6.07 Å². The van der Waals surface area contributed by atoms with E-state index in [0.717, 1.165) is 10.2 Å². The van der Waals surface area contributed by atoms with Crippen molar-refractivity contribution in [3.05, 3.63) is 30.8 Å². The summed E-state index contributed by atoms with van der Waals surface area (Å²) in [4.78, 5) is 11.3. The van der Waals surface area contributed by atoms with Gasteiger partial charge in [-0.1, -0.05) is 10.6 Å². The van der Waals surface area contributed by atoms with Gasteiger partial charge in [0, 0.05) is 7.05 Å². The van der Waals surface area contributed by atoms with Crippen molar-refractivity contribution < 1.29 is 4.79 Å². The second kappa shape index (κ2) is 3.10. The summed E-state index contributed by atoms with van der Waals surface area (Å²) in [6.45, 7) is 0. The highest BCUT2D eigenvalue weighted by atomic mass is 32.1. The Bertz CT molecular complexity index is 451. The van der Waals surface area contributed by atoms with Crippen LogP contribution in [-0.2, 0) is 0 Å². The van der Waals surface area contributed by atoms with E-state index in [1.54, 1.807) is 12.1 Å². The Hall–Kier alpha value is -1.49. The topological polar surface area (TPSA) is 54.9 Å². The van der Waals surface area contributed by atoms with Gasteiger partial charge >= 0.3 is 0 Å². The third kappa shape index (κ3) is 1.27. The Kier molecular flexibility index (Phi) is 1.94. The molecule has 1 aromatic carbocycles. The summed E-state index contributed by atoms with van der Waals surface area (Å²) in [6, 6.07) is 5.32. The van der Waals surface area contributed by atoms with E-state index < -0.39 is 0 Å². The number of rotatable bonds is 1. The van der Waals surface area contributed by atoms with Crippen molar-refractivity contribution in [3.8, 4) is 0 Å². The maximum Gasteiger partial charge on any atom is 0.252 e. The third-order valence-electron chi connectivity index (χ3n) is 1.68. The second-order valence-electron chi connectivity index (χ2n) is 2.43. The molecule has 0 spiro atoms. The molecule has 1 aromatic heterocycles. The Morgan fingerprint density at radius 3 is 3.15 bits per heavy atom. The van der Waals surface area contributed by atoms with Crippen LogP contribution in [0.5, 0.6) is 0 Å². The fourth-order valence-corrected chi connectivity index (χ4v) is 1.75. The molecule has 0 atom stereocenters. The van der Waals surface area contributed by atoms with Crippen molar-refractivity contribution in [1.29, 1.82) is 0 Å². The molecular weight excluding hydrogens is 186 g/mol. The van der Waals surface area contributed by atoms with Crippen LogP contribution in [0.25, 0.3) is 10.2 Å². The summed E-state index contributed by atoms with van der Waals surface area (Å²) in [5.41, 5.74) is 1.31. The standard InChI is InChI=1S/C8H6N3OS/c1-9-8(12)5-3-2-4-6-7(5)13-11-10-6/h2-4H,1H2,(H,9,12). The third-order valence-corrected chi connectivity index (χ3v) is 2.46. The van der Waals surface area contributed by atoms with Gasteiger partial charge in [0.2, 0.25) is 0 Å². The highest BCUT2D eigenvalue weighted by molar-refractivity contribution is 7.13. The molecule has 0 bridgehead atoms. The second-order valence-corrected chi connectivity index (χ2v) is 3.19. The van der Waals surface area contributed by atoms with Crippen molar-refractivity contribution in [3.63, 3.8) is 0 Å². The number of benzene rings is 1. The van der Waals surface area contributed by atoms with Gasteiger partial charge in [-0.15, -0.1) is 5.10 Å². The van der Waals surface area contributed by atoms with Gasteiger partial charge in [0.1, 0.15) is 5.52 Å². The number of nitrogens with zero attached hydrogens (tertiary/aromatic N) is 2. The van der Waals surface area contributed by atoms with Gasteiger partial charge < -0.3 is 5.32 Å². The van der Waals surface area contributed by atoms with E-state index in [0.29, 0.717) is 5.56 Å². The van der Waals surface area contributed by atoms with Gasteiger partial charge in [-0.25, -0.2) is 0 Å². The predicted octanol–water partition coefficient (Wildman–Crippen LogP) is 1.21. The normalized spacial score (nSPS) is 10.2. The number of hydrogen-bond donors (Lipinski definition) is 1. The van der Waals surface area contributed by atoms with E-state index in [-0.39, 0.29) is 5.91 Å². The number of carbonyl (C=O) groups is 1. The van der Waals surface area contributed by atoms with Gasteiger partial charge in [0.15, 0.2) is 0 Å². The van der Waals surface area contributed by atoms with Crippen LogP contribution >= 0.6 is 11.5 Å². The molecule has 4 nitrogen and oxygen atoms in total. The molecule has 1 N–H and O–H groups in total. The Morgan fingerprint density at radius 2 is 2.38 bits per heavy atom. The van der Waals surface area contributed by atoms with Crippen molar-refractivity contribution >= 4 is 27.7 Å². The fourth-order valence-electron chi connectivity index (χ4n) is 1.08. The van der Waals surface area contributed by atoms with Gasteiger partial charge in [-0.05, 0) is 23.7 Å². The van der Waals surface area contributed by atoms with Crippen molar-refractivity contribution in [2.45, 2.75) is 0 Å². The van der Waals surface area contributed by atoms with Gasteiger partial charge in [0.25, 0.3) is 5.91 Å². The monoisotopic (exact) mass is 192 g/mol. The number of aromatic nitrogens is 2. The Morgan fingerprint density at radius 1 is 1.54 bits per heavy atom. The number of hydrogen-bond acceptors (Lipinski definition) is 4. The zero-order valence-corrected chi connectivity index (χ0v) is 7.47. The maximum absolute atomic E-state index is 11.3. The largest absolute Gasteiger partial charge is 0.350 e. The zero-order chi connectivity index (χ0) is 9.26. The first-order valence-corrected chi connectivity index (χ1v) is 4.39. The molecule has 1 heterocycles. The highest BCUT2D eigenvalue weighted by Gasteiger charge is 2.09. The molecule has 0 unspecified atom stereocenters. The molecule has 13 heavy (non-hydrogen) atoms. The lowest BCUT2D eigenvalue weighted by Crippen LogP contribution is -2.15. The molecule has 0 aliphatic rings. The van der Waals surface area contributed by atoms with E-state index in [1.165, 1.54) is 11.5 Å². The van der Waals surface area contributed by atoms with Gasteiger partial charge in [-0.2, -0.15) is 0 Å². The van der Waals surface area contributed by atoms with Crippen LogP contribution < -0.4 is 5.32 Å². The number of nitrogens with one attached hydrogen (secondary N) is 1. The van der Waals surface area contributed by atoms with E-state index in [4.69, 9.17) is 0 Å². The van der Waals surface area contributed by atoms with Crippen molar-refractivity contribution in [2.24, 2.45) is 0 Å². The number of fused-ring (bicyclic) bond motifs is 1. The average molecular weight is 192 g/mol. The van der Waals surface area contributed by atoms with Crippen LogP contribution in [0.2, 0.25) is 0 Å². The summed E-state index contributed by atoms with van der Waals surface area (Å²) in [5.74, 6) is -0.211. The van der Waals surface area contributed by atoms with Crippen LogP contribution in [0.4, 0.5) is 0 Å². The molecule has 0 aliphatic carbocycles. The lowest BCUT2D eigenvalue weighted by Gasteiger charge is -1.98. The minimum atomic E-state index is -0.211. The smallest absolute Gasteiger partial charge is 0.252 e. The lowest BCUT2D eigenvalue weighted by atomic mass is 10.2. The minimum Gasteiger partial charge on any atom is -0.350 e.